The van der Waals surface area contributed by atoms with E-state index in [-0.39, 0.29) is 17.7 Å². The molecule has 0 saturated carbocycles. The van der Waals surface area contributed by atoms with Crippen LogP contribution in [0.2, 0.25) is 5.28 Å². The molecule has 22 heavy (non-hydrogen) atoms. The fraction of sp³-hybridized carbons (Fsp3) is 0.429. The van der Waals surface area contributed by atoms with Crippen molar-refractivity contribution in [2.75, 3.05) is 45.3 Å². The quantitative estimate of drug-likeness (QED) is 0.860. The van der Waals surface area contributed by atoms with Gasteiger partial charge in [-0.25, -0.2) is 4.98 Å². The maximum atomic E-state index is 6.08. The minimum atomic E-state index is 0. The largest absolute Gasteiger partial charge is 0.493 e. The van der Waals surface area contributed by atoms with Crippen molar-refractivity contribution < 1.29 is 9.47 Å². The lowest BCUT2D eigenvalue weighted by atomic mass is 10.2. The molecule has 6 nitrogen and oxygen atoms in total. The lowest BCUT2D eigenvalue weighted by Gasteiger charge is -2.29. The molecule has 1 fully saturated rings. The third kappa shape index (κ3) is 3.14. The van der Waals surface area contributed by atoms with Crippen LogP contribution in [0.25, 0.3) is 10.9 Å². The predicted octanol–water partition coefficient (Wildman–Crippen LogP) is 2.13. The molecule has 0 amide bonds. The van der Waals surface area contributed by atoms with E-state index in [1.807, 2.05) is 12.1 Å². The Morgan fingerprint density at radius 2 is 1.73 bits per heavy atom. The number of rotatable bonds is 3. The highest BCUT2D eigenvalue weighted by atomic mass is 35.5. The number of methoxy groups -OCH3 is 2. The van der Waals surface area contributed by atoms with Crippen LogP contribution in [0.15, 0.2) is 12.1 Å². The normalized spacial score (nSPS) is 14.6. The van der Waals surface area contributed by atoms with Crippen molar-refractivity contribution in [1.29, 1.82) is 0 Å². The Morgan fingerprint density at radius 3 is 2.36 bits per heavy atom. The fourth-order valence-corrected chi connectivity index (χ4v) is 2.70. The van der Waals surface area contributed by atoms with Gasteiger partial charge in [-0.2, -0.15) is 4.98 Å². The van der Waals surface area contributed by atoms with Gasteiger partial charge in [0, 0.05) is 37.6 Å². The number of nitrogens with zero attached hydrogens (tertiary/aromatic N) is 3. The van der Waals surface area contributed by atoms with Gasteiger partial charge in [0.15, 0.2) is 11.5 Å². The molecular weight excluding hydrogens is 327 g/mol. The fourth-order valence-electron chi connectivity index (χ4n) is 2.53. The number of fused-ring (bicyclic) bond motifs is 1. The standard InChI is InChI=1S/C14H17ClN4O2.ClH/c1-20-11-7-9-10(8-12(11)21-2)17-14(15)18-13(9)19-5-3-16-4-6-19;/h7-8,16H,3-6H2,1-2H3;1H. The van der Waals surface area contributed by atoms with Crippen LogP contribution in [0.3, 0.4) is 0 Å². The van der Waals surface area contributed by atoms with Gasteiger partial charge in [-0.15, -0.1) is 12.4 Å². The van der Waals surface area contributed by atoms with E-state index < -0.39 is 0 Å². The number of nitrogens with one attached hydrogen (secondary N) is 1. The summed E-state index contributed by atoms with van der Waals surface area (Å²) in [5.74, 6) is 2.13. The van der Waals surface area contributed by atoms with Gasteiger partial charge < -0.3 is 19.7 Å². The van der Waals surface area contributed by atoms with E-state index in [1.165, 1.54) is 0 Å². The Hall–Kier alpha value is -1.50. The summed E-state index contributed by atoms with van der Waals surface area (Å²) >= 11 is 6.08. The van der Waals surface area contributed by atoms with Crippen LogP contribution < -0.4 is 19.7 Å². The molecule has 1 aromatic carbocycles. The number of anilines is 1. The molecule has 1 aromatic heterocycles. The van der Waals surface area contributed by atoms with Gasteiger partial charge in [0.25, 0.3) is 0 Å². The summed E-state index contributed by atoms with van der Waals surface area (Å²) in [6.07, 6.45) is 0. The van der Waals surface area contributed by atoms with Crippen LogP contribution >= 0.6 is 24.0 Å². The van der Waals surface area contributed by atoms with Crippen molar-refractivity contribution >= 4 is 40.7 Å². The maximum Gasteiger partial charge on any atom is 0.224 e. The summed E-state index contributed by atoms with van der Waals surface area (Å²) in [7, 11) is 3.22. The molecule has 0 spiro atoms. The monoisotopic (exact) mass is 344 g/mol. The average Bonchev–Trinajstić information content (AvgIpc) is 2.53. The van der Waals surface area contributed by atoms with E-state index >= 15 is 0 Å². The van der Waals surface area contributed by atoms with Crippen molar-refractivity contribution in [2.45, 2.75) is 0 Å². The van der Waals surface area contributed by atoms with Gasteiger partial charge in [0.05, 0.1) is 19.7 Å². The molecule has 120 valence electrons. The smallest absolute Gasteiger partial charge is 0.224 e. The Balaban J connectivity index is 0.00000176. The van der Waals surface area contributed by atoms with Gasteiger partial charge in [-0.05, 0) is 17.7 Å². The van der Waals surface area contributed by atoms with Crippen LogP contribution in [-0.4, -0.2) is 50.4 Å². The molecule has 2 heterocycles. The number of halogens is 2. The van der Waals surface area contributed by atoms with Crippen molar-refractivity contribution in [1.82, 2.24) is 15.3 Å². The highest BCUT2D eigenvalue weighted by Gasteiger charge is 2.18. The second-order valence-corrected chi connectivity index (χ2v) is 5.12. The highest BCUT2D eigenvalue weighted by Crippen LogP contribution is 2.35. The van der Waals surface area contributed by atoms with E-state index in [9.17, 15) is 0 Å². The van der Waals surface area contributed by atoms with Crippen molar-refractivity contribution in [3.8, 4) is 11.5 Å². The predicted molar refractivity (Wildman–Crippen MR) is 90.0 cm³/mol. The van der Waals surface area contributed by atoms with Crippen LogP contribution in [0.1, 0.15) is 0 Å². The van der Waals surface area contributed by atoms with Crippen LogP contribution in [0.5, 0.6) is 11.5 Å². The molecule has 0 unspecified atom stereocenters. The van der Waals surface area contributed by atoms with E-state index in [0.717, 1.165) is 42.9 Å². The van der Waals surface area contributed by atoms with E-state index in [2.05, 4.69) is 20.2 Å². The minimum absolute atomic E-state index is 0. The topological polar surface area (TPSA) is 59.5 Å². The summed E-state index contributed by atoms with van der Waals surface area (Å²) in [5, 5.41) is 4.48. The Kier molecular flexibility index (Phi) is 5.50. The average molecular weight is 345 g/mol. The molecule has 0 aliphatic carbocycles. The van der Waals surface area contributed by atoms with Gasteiger partial charge in [-0.1, -0.05) is 0 Å². The van der Waals surface area contributed by atoms with Crippen LogP contribution in [0, 0.1) is 0 Å². The second kappa shape index (κ2) is 7.17. The van der Waals surface area contributed by atoms with E-state index in [4.69, 9.17) is 21.1 Å². The number of benzene rings is 1. The van der Waals surface area contributed by atoms with Gasteiger partial charge >= 0.3 is 0 Å². The maximum absolute atomic E-state index is 6.08. The third-order valence-corrected chi connectivity index (χ3v) is 3.74. The summed E-state index contributed by atoms with van der Waals surface area (Å²) in [6, 6.07) is 3.73. The summed E-state index contributed by atoms with van der Waals surface area (Å²) in [6.45, 7) is 3.63. The Labute approximate surface area is 140 Å². The first-order chi connectivity index (χ1) is 10.2. The first-order valence-corrected chi connectivity index (χ1v) is 7.15. The minimum Gasteiger partial charge on any atom is -0.493 e. The molecular formula is C14H18Cl2N4O2. The molecule has 8 heteroatoms. The van der Waals surface area contributed by atoms with Gasteiger partial charge in [-0.3, -0.25) is 0 Å². The summed E-state index contributed by atoms with van der Waals surface area (Å²) < 4.78 is 10.7. The van der Waals surface area contributed by atoms with Crippen LogP contribution in [-0.2, 0) is 0 Å². The first-order valence-electron chi connectivity index (χ1n) is 6.78. The summed E-state index contributed by atoms with van der Waals surface area (Å²) in [4.78, 5) is 10.9. The zero-order chi connectivity index (χ0) is 14.8. The van der Waals surface area contributed by atoms with Crippen molar-refractivity contribution in [3.63, 3.8) is 0 Å². The zero-order valence-electron chi connectivity index (χ0n) is 12.4. The number of aromatic nitrogens is 2. The number of piperazine rings is 1. The van der Waals surface area contributed by atoms with E-state index in [0.29, 0.717) is 11.5 Å². The van der Waals surface area contributed by atoms with Gasteiger partial charge in [0.1, 0.15) is 5.82 Å². The molecule has 0 bridgehead atoms. The number of hydrogen-bond acceptors (Lipinski definition) is 6. The SMILES string of the molecule is COc1cc2nc(Cl)nc(N3CCNCC3)c2cc1OC.Cl. The number of ether oxygens (including phenoxy) is 2. The van der Waals surface area contributed by atoms with Crippen molar-refractivity contribution in [2.24, 2.45) is 0 Å². The third-order valence-electron chi connectivity index (χ3n) is 3.57. The Morgan fingerprint density at radius 1 is 1.09 bits per heavy atom. The second-order valence-electron chi connectivity index (χ2n) is 4.78. The summed E-state index contributed by atoms with van der Waals surface area (Å²) in [5.41, 5.74) is 0.751. The van der Waals surface area contributed by atoms with Crippen LogP contribution in [0.4, 0.5) is 5.82 Å². The zero-order valence-corrected chi connectivity index (χ0v) is 14.0. The molecule has 3 rings (SSSR count). The highest BCUT2D eigenvalue weighted by molar-refractivity contribution is 6.28. The number of hydrogen-bond donors (Lipinski definition) is 1. The molecule has 2 aromatic rings. The first kappa shape index (κ1) is 16.9. The lowest BCUT2D eigenvalue weighted by Crippen LogP contribution is -2.44. The van der Waals surface area contributed by atoms with Gasteiger partial charge in [0.2, 0.25) is 5.28 Å². The molecule has 1 aliphatic rings. The van der Waals surface area contributed by atoms with E-state index in [1.54, 1.807) is 14.2 Å². The molecule has 1 saturated heterocycles. The molecule has 0 atom stereocenters. The van der Waals surface area contributed by atoms with Crippen molar-refractivity contribution in [3.05, 3.63) is 17.4 Å². The molecule has 1 aliphatic heterocycles. The lowest BCUT2D eigenvalue weighted by molar-refractivity contribution is 0.356. The Bertz CT molecular complexity index is 663. The molecule has 1 N–H and O–H groups in total. The molecule has 0 radical (unpaired) electrons.